The molecular formula is C56H67BN6O6SW2-2. The van der Waals surface area contributed by atoms with Crippen molar-refractivity contribution in [2.75, 3.05) is 6.26 Å². The third-order valence-electron chi connectivity index (χ3n) is 10.7. The number of phenols is 2. The predicted octanol–water partition coefficient (Wildman–Crippen LogP) is 12.5. The Kier molecular flexibility index (Phi) is 27.4. The number of esters is 2. The summed E-state index contributed by atoms with van der Waals surface area (Å²) >= 11 is 3.53. The quantitative estimate of drug-likeness (QED) is 0.0302. The Morgan fingerprint density at radius 2 is 1.32 bits per heavy atom. The van der Waals surface area contributed by atoms with Gasteiger partial charge in [0, 0.05) is 87.8 Å². The first-order chi connectivity index (χ1) is 34.7. The van der Waals surface area contributed by atoms with Gasteiger partial charge in [0.2, 0.25) is 0 Å². The zero-order valence-corrected chi connectivity index (χ0v) is 49.6. The number of phenolic OH excluding ortho intramolecular Hbond substituents is 2. The molecule has 12 nitrogen and oxygen atoms in total. The molecule has 2 aromatic heterocycles. The number of hydrogen-bond acceptors (Lipinski definition) is 11. The van der Waals surface area contributed by atoms with Crippen LogP contribution < -0.4 is 0 Å². The van der Waals surface area contributed by atoms with Crippen molar-refractivity contribution in [3.05, 3.63) is 161 Å². The summed E-state index contributed by atoms with van der Waals surface area (Å²) in [5.41, 5.74) is 8.97. The third kappa shape index (κ3) is 17.0. The molecule has 3 aliphatic carbocycles. The number of rotatable bonds is 10. The van der Waals surface area contributed by atoms with Crippen molar-refractivity contribution in [2.45, 2.75) is 101 Å². The van der Waals surface area contributed by atoms with E-state index >= 15 is 0 Å². The van der Waals surface area contributed by atoms with Crippen LogP contribution in [0.4, 0.5) is 0 Å². The zero-order chi connectivity index (χ0) is 53.7. The minimum atomic E-state index is -0.550. The molecule has 4 atom stereocenters. The largest absolute Gasteiger partial charge is 0.505 e. The Hall–Kier alpha value is -5.55. The molecule has 2 N–H and O–H groups in total. The van der Waals surface area contributed by atoms with E-state index in [4.69, 9.17) is 12.2 Å². The van der Waals surface area contributed by atoms with Crippen LogP contribution in [-0.4, -0.2) is 66.2 Å². The molecule has 4 unspecified atom stereocenters. The minimum Gasteiger partial charge on any atom is -0.505 e. The van der Waals surface area contributed by atoms with Gasteiger partial charge in [0.1, 0.15) is 36.1 Å². The summed E-state index contributed by atoms with van der Waals surface area (Å²) in [6.07, 6.45) is 13.9. The van der Waals surface area contributed by atoms with Crippen molar-refractivity contribution in [1.29, 1.82) is 0 Å². The van der Waals surface area contributed by atoms with E-state index in [2.05, 4.69) is 104 Å². The van der Waals surface area contributed by atoms with Gasteiger partial charge in [0.15, 0.2) is 0 Å². The molecule has 0 aliphatic heterocycles. The van der Waals surface area contributed by atoms with E-state index in [1.165, 1.54) is 27.6 Å². The number of benzene rings is 4. The molecule has 1 fully saturated rings. The zero-order valence-electron chi connectivity index (χ0n) is 44.8. The molecule has 1 saturated carbocycles. The summed E-state index contributed by atoms with van der Waals surface area (Å²) in [7, 11) is 4.50. The van der Waals surface area contributed by atoms with Crippen molar-refractivity contribution < 1.29 is 74.1 Å². The molecular weight excluding hydrogens is 1260 g/mol. The van der Waals surface area contributed by atoms with E-state index in [0.717, 1.165) is 25.0 Å². The summed E-state index contributed by atoms with van der Waals surface area (Å²) in [5, 5.41) is 39.3. The topological polar surface area (TPSA) is 154 Å². The molecule has 72 heavy (non-hydrogen) atoms. The number of thiol groups is 1. The van der Waals surface area contributed by atoms with Crippen LogP contribution in [0.15, 0.2) is 127 Å². The SMILES string of the molecule is CC.CC.CC1=CCC=C1.CS.[2H]C1C2CC(C=C2C)C1c1cc(COC(=O)C(=C)C)c(O)c(-n2nc3c[c-]ccc3n2)c1.[2H]C=Cc1cc(COC(=O)C(=C)C)c(O)c(-n2nc3c[c-]ccc3n2)c1.[B]C.[W].[W]. The Morgan fingerprint density at radius 3 is 1.72 bits per heavy atom. The van der Waals surface area contributed by atoms with Crippen LogP contribution >= 0.6 is 12.6 Å². The van der Waals surface area contributed by atoms with Gasteiger partial charge in [0.25, 0.3) is 0 Å². The summed E-state index contributed by atoms with van der Waals surface area (Å²) in [6, 6.07) is 23.4. The maximum absolute atomic E-state index is 12.0. The molecule has 2 bridgehead atoms. The van der Waals surface area contributed by atoms with Crippen LogP contribution in [-0.2, 0) is 74.4 Å². The molecule has 0 spiro atoms. The maximum Gasteiger partial charge on any atom is 0.333 e. The second kappa shape index (κ2) is 32.5. The van der Waals surface area contributed by atoms with E-state index < -0.39 is 11.9 Å². The van der Waals surface area contributed by atoms with Crippen molar-refractivity contribution in [3.63, 3.8) is 0 Å². The average molecular weight is 1330 g/mol. The number of allylic oxidation sites excluding steroid dienone is 6. The van der Waals surface area contributed by atoms with Gasteiger partial charge in [-0.25, -0.2) is 19.8 Å². The van der Waals surface area contributed by atoms with E-state index in [1.54, 1.807) is 74.7 Å². The molecule has 2 radical (unpaired) electrons. The van der Waals surface area contributed by atoms with Crippen LogP contribution in [0.5, 0.6) is 11.5 Å². The number of aromatic nitrogens is 6. The van der Waals surface area contributed by atoms with E-state index in [1.807, 2.05) is 39.8 Å². The molecule has 6 aromatic rings. The Labute approximate surface area is 464 Å². The predicted molar refractivity (Wildman–Crippen MR) is 287 cm³/mol. The molecule has 2 heterocycles. The number of ether oxygens (including phenoxy) is 2. The number of carbonyl (C=O) groups is 2. The van der Waals surface area contributed by atoms with Gasteiger partial charge in [-0.15, -0.1) is 24.3 Å². The minimum absolute atomic E-state index is 0. The Morgan fingerprint density at radius 1 is 0.833 bits per heavy atom. The summed E-state index contributed by atoms with van der Waals surface area (Å²) in [6.45, 7) is 24.9. The van der Waals surface area contributed by atoms with Gasteiger partial charge < -0.3 is 19.7 Å². The van der Waals surface area contributed by atoms with E-state index in [9.17, 15) is 19.8 Å². The molecule has 16 heteroatoms. The molecule has 0 amide bonds. The van der Waals surface area contributed by atoms with E-state index in [-0.39, 0.29) is 102 Å². The number of carbonyl (C=O) groups excluding carboxylic acids is 2. The van der Waals surface area contributed by atoms with Gasteiger partial charge in [0.05, 0.1) is 9.22 Å². The number of hydrogen-bond donors (Lipinski definition) is 3. The molecule has 9 rings (SSSR count). The van der Waals surface area contributed by atoms with Gasteiger partial charge in [-0.1, -0.05) is 95.8 Å². The fourth-order valence-electron chi connectivity index (χ4n) is 7.39. The van der Waals surface area contributed by atoms with Gasteiger partial charge in [-0.05, 0) is 106 Å². The number of nitrogens with zero attached hydrogens (tertiary/aromatic N) is 6. The average Bonchev–Trinajstić information content (AvgIpc) is 4.26. The fourth-order valence-corrected chi connectivity index (χ4v) is 7.39. The monoisotopic (exact) mass is 1330 g/mol. The smallest absolute Gasteiger partial charge is 0.333 e. The van der Waals surface area contributed by atoms with Crippen LogP contribution in [0.25, 0.3) is 39.5 Å². The third-order valence-corrected chi connectivity index (χ3v) is 10.7. The fraction of sp³-hybridized carbons (Fsp3) is 0.321. The van der Waals surface area contributed by atoms with E-state index in [0.29, 0.717) is 50.1 Å². The van der Waals surface area contributed by atoms with Crippen LogP contribution in [0.3, 0.4) is 0 Å². The molecule has 3 aliphatic rings. The van der Waals surface area contributed by atoms with Gasteiger partial charge in [-0.2, -0.15) is 56.7 Å². The van der Waals surface area contributed by atoms with Gasteiger partial charge in [-0.3, -0.25) is 0 Å². The van der Waals surface area contributed by atoms with Crippen LogP contribution in [0.2, 0.25) is 6.82 Å². The molecule has 0 saturated heterocycles. The number of fused-ring (bicyclic) bond motifs is 4. The first-order valence-electron chi connectivity index (χ1n) is 24.2. The summed E-state index contributed by atoms with van der Waals surface area (Å²) in [4.78, 5) is 26.3. The van der Waals surface area contributed by atoms with Crippen molar-refractivity contribution in [2.24, 2.45) is 11.8 Å². The summed E-state index contributed by atoms with van der Waals surface area (Å²) in [5.74, 6) is -0.692. The number of aromatic hydroxyl groups is 2. The molecule has 380 valence electrons. The Balaban J connectivity index is 0.000000586. The van der Waals surface area contributed by atoms with Crippen LogP contribution in [0, 0.1) is 24.0 Å². The Bertz CT molecular complexity index is 2870. The molecule has 4 aromatic carbocycles. The maximum atomic E-state index is 12.0. The standard InChI is InChI=1S/C25H24N3O3.C19H16N3O3.C6H8.2C2H6.CH3B.CH4S.2W/c1-14(2)25(30)31-13-19-10-18(20-11-16-9-17(20)8-15(16)3)12-23(24(19)29)28-26-21-6-4-5-7-22(21)27-28;1-4-13-9-14(11-25-19(24)12(2)3)18(23)17(10-13)22-20-15-7-5-6-8-16(15)21-22;1-6-4-2-3-5-6;4*1-2;;/h4,6-8,10,12,16-17,20,29H,1,9,11,13H2,2-3H3;4-5,7-10,23H,1-2,11H2,3H3;2,4-5H,3H2,1H3;2*1-2H3;1H3;2H,1H3;;/q2*-1;;;;;;;/i11D;1D;;;;;;;. The first-order valence-corrected chi connectivity index (χ1v) is 24.0. The second-order valence-corrected chi connectivity index (χ2v) is 15.5. The van der Waals surface area contributed by atoms with Crippen molar-refractivity contribution >= 4 is 60.6 Å². The van der Waals surface area contributed by atoms with Crippen LogP contribution in [0.1, 0.15) is 106 Å². The summed E-state index contributed by atoms with van der Waals surface area (Å²) < 4.78 is 26.5. The van der Waals surface area contributed by atoms with Gasteiger partial charge >= 0.3 is 11.9 Å². The first kappa shape index (κ1) is 60.8. The van der Waals surface area contributed by atoms with Crippen molar-refractivity contribution in [3.8, 4) is 22.9 Å². The normalized spacial score (nSPS) is 16.6. The van der Waals surface area contributed by atoms with Crippen molar-refractivity contribution in [1.82, 2.24) is 30.0 Å². The second-order valence-electron chi connectivity index (χ2n) is 15.5.